The number of hydrogen-bond donors (Lipinski definition) is 3. The average molecular weight is 495 g/mol. The van der Waals surface area contributed by atoms with Gasteiger partial charge in [0.25, 0.3) is 0 Å². The monoisotopic (exact) mass is 495 g/mol. The number of hydrogen-bond acceptors (Lipinski definition) is 8. The number of carbonyl (C=O) groups is 1. The Labute approximate surface area is 196 Å². The van der Waals surface area contributed by atoms with Crippen molar-refractivity contribution in [3.8, 4) is 5.75 Å². The zero-order chi connectivity index (χ0) is 25.2. The number of ketones is 1. The van der Waals surface area contributed by atoms with E-state index in [1.165, 1.54) is 47.7 Å². The number of halogens is 4. The zero-order valence-corrected chi connectivity index (χ0v) is 18.1. The maximum atomic E-state index is 14.5. The van der Waals surface area contributed by atoms with Crippen molar-refractivity contribution in [3.63, 3.8) is 0 Å². The number of alkyl halides is 4. The summed E-state index contributed by atoms with van der Waals surface area (Å²) in [5, 5.41) is 26.2. The molecule has 13 heteroatoms. The van der Waals surface area contributed by atoms with Gasteiger partial charge in [-0.25, -0.2) is 14.4 Å². The van der Waals surface area contributed by atoms with Gasteiger partial charge in [-0.1, -0.05) is 12.1 Å². The van der Waals surface area contributed by atoms with Gasteiger partial charge in [0, 0.05) is 24.9 Å². The predicted octanol–water partition coefficient (Wildman–Crippen LogP) is 2.34. The van der Waals surface area contributed by atoms with Crippen LogP contribution in [0, 0.1) is 5.92 Å². The van der Waals surface area contributed by atoms with Crippen LogP contribution in [0.4, 0.5) is 23.4 Å². The average Bonchev–Trinajstić information content (AvgIpc) is 3.38. The minimum atomic E-state index is -4.81. The fourth-order valence-corrected chi connectivity index (χ4v) is 3.94. The Balaban J connectivity index is 1.48. The quantitative estimate of drug-likeness (QED) is 0.322. The molecule has 186 valence electrons. The maximum absolute atomic E-state index is 14.5. The topological polar surface area (TPSA) is 122 Å². The molecule has 1 fully saturated rings. The number of anilines is 1. The van der Waals surface area contributed by atoms with E-state index in [-0.39, 0.29) is 42.4 Å². The molecule has 1 saturated carbocycles. The summed E-state index contributed by atoms with van der Waals surface area (Å²) < 4.78 is 57.1. The van der Waals surface area contributed by atoms with Crippen molar-refractivity contribution in [1.29, 1.82) is 0 Å². The van der Waals surface area contributed by atoms with E-state index in [0.717, 1.165) is 0 Å². The summed E-state index contributed by atoms with van der Waals surface area (Å²) in [5.41, 5.74) is 0.501. The molecule has 2 heterocycles. The second-order valence-electron chi connectivity index (χ2n) is 8.07. The molecule has 9 nitrogen and oxygen atoms in total. The van der Waals surface area contributed by atoms with E-state index in [4.69, 9.17) is 0 Å². The van der Waals surface area contributed by atoms with Crippen LogP contribution in [0.15, 0.2) is 49.1 Å². The Kier molecular flexibility index (Phi) is 6.98. The first-order valence-corrected chi connectivity index (χ1v) is 10.6. The largest absolute Gasteiger partial charge is 0.573 e. The van der Waals surface area contributed by atoms with E-state index in [9.17, 15) is 32.6 Å². The number of benzene rings is 1. The van der Waals surface area contributed by atoms with Crippen LogP contribution in [0.3, 0.4) is 0 Å². The van der Waals surface area contributed by atoms with Gasteiger partial charge in [-0.2, -0.15) is 5.10 Å². The molecule has 3 N–H and O–H groups in total. The van der Waals surface area contributed by atoms with Crippen molar-refractivity contribution in [1.82, 2.24) is 19.7 Å². The molecule has 2 aromatic heterocycles. The second-order valence-corrected chi connectivity index (χ2v) is 8.07. The first-order valence-electron chi connectivity index (χ1n) is 10.6. The van der Waals surface area contributed by atoms with Gasteiger partial charge in [-0.05, 0) is 30.2 Å². The summed E-state index contributed by atoms with van der Waals surface area (Å²) in [4.78, 5) is 20.9. The molecule has 0 saturated heterocycles. The van der Waals surface area contributed by atoms with Gasteiger partial charge in [0.2, 0.25) is 5.78 Å². The molecule has 0 unspecified atom stereocenters. The minimum absolute atomic E-state index is 0.0158. The van der Waals surface area contributed by atoms with Crippen molar-refractivity contribution < 1.29 is 37.3 Å². The van der Waals surface area contributed by atoms with Crippen LogP contribution < -0.4 is 10.1 Å². The van der Waals surface area contributed by atoms with Gasteiger partial charge in [0.05, 0.1) is 24.3 Å². The van der Waals surface area contributed by atoms with Crippen LogP contribution in [-0.2, 0) is 6.54 Å². The molecule has 1 aliphatic carbocycles. The zero-order valence-electron chi connectivity index (χ0n) is 18.1. The highest BCUT2D eigenvalue weighted by Gasteiger charge is 2.43. The molecule has 4 atom stereocenters. The molecule has 0 amide bonds. The van der Waals surface area contributed by atoms with Crippen molar-refractivity contribution >= 4 is 11.6 Å². The predicted molar refractivity (Wildman–Crippen MR) is 113 cm³/mol. The summed E-state index contributed by atoms with van der Waals surface area (Å²) in [5.74, 6) is -1.52. The Hall–Kier alpha value is -3.58. The summed E-state index contributed by atoms with van der Waals surface area (Å²) in [6, 6.07) is 5.94. The molecule has 0 spiro atoms. The van der Waals surface area contributed by atoms with E-state index in [1.54, 1.807) is 6.07 Å². The van der Waals surface area contributed by atoms with E-state index in [0.29, 0.717) is 5.56 Å². The normalized spacial score (nSPS) is 22.2. The number of nitrogens with zero attached hydrogens (tertiary/aromatic N) is 4. The molecule has 0 radical (unpaired) electrons. The Morgan fingerprint density at radius 2 is 2.09 bits per heavy atom. The van der Waals surface area contributed by atoms with Gasteiger partial charge in [0.1, 0.15) is 29.8 Å². The van der Waals surface area contributed by atoms with Crippen molar-refractivity contribution in [2.45, 2.75) is 37.6 Å². The molecule has 3 aromatic rings. The minimum Gasteiger partial charge on any atom is -0.406 e. The van der Waals surface area contributed by atoms with Crippen LogP contribution >= 0.6 is 0 Å². The molecular formula is C22H21F4N5O4. The maximum Gasteiger partial charge on any atom is 0.573 e. The van der Waals surface area contributed by atoms with Crippen LogP contribution in [0.2, 0.25) is 0 Å². The van der Waals surface area contributed by atoms with Crippen molar-refractivity contribution in [3.05, 3.63) is 65.9 Å². The molecule has 0 bridgehead atoms. The number of ether oxygens (including phenoxy) is 1. The number of nitrogens with one attached hydrogen (secondary N) is 1. The smallest absolute Gasteiger partial charge is 0.406 e. The second kappa shape index (κ2) is 9.96. The van der Waals surface area contributed by atoms with Crippen LogP contribution in [0.25, 0.3) is 0 Å². The van der Waals surface area contributed by atoms with Crippen molar-refractivity contribution in [2.75, 3.05) is 11.9 Å². The van der Waals surface area contributed by atoms with Gasteiger partial charge < -0.3 is 20.3 Å². The van der Waals surface area contributed by atoms with Crippen LogP contribution in [0.1, 0.15) is 28.0 Å². The number of aromatic nitrogens is 4. The molecule has 4 rings (SSSR count). The molecular weight excluding hydrogens is 474 g/mol. The summed E-state index contributed by atoms with van der Waals surface area (Å²) >= 11 is 0. The number of aliphatic hydroxyl groups is 2. The lowest BCUT2D eigenvalue weighted by Crippen LogP contribution is -2.32. The van der Waals surface area contributed by atoms with Crippen LogP contribution in [-0.4, -0.2) is 67.0 Å². The lowest BCUT2D eigenvalue weighted by Gasteiger charge is -2.18. The summed E-state index contributed by atoms with van der Waals surface area (Å²) in [7, 11) is 0. The van der Waals surface area contributed by atoms with E-state index in [2.05, 4.69) is 25.1 Å². The Bertz CT molecular complexity index is 1190. The molecule has 1 aliphatic rings. The fourth-order valence-electron chi connectivity index (χ4n) is 3.94. The van der Waals surface area contributed by atoms with E-state index >= 15 is 0 Å². The van der Waals surface area contributed by atoms with Gasteiger partial charge in [0.15, 0.2) is 0 Å². The summed E-state index contributed by atoms with van der Waals surface area (Å²) in [6.45, 7) is -0.303. The molecule has 35 heavy (non-hydrogen) atoms. The third-order valence-electron chi connectivity index (χ3n) is 5.61. The number of rotatable bonds is 8. The Morgan fingerprint density at radius 3 is 2.80 bits per heavy atom. The first kappa shape index (κ1) is 24.5. The molecule has 1 aromatic carbocycles. The SMILES string of the molecule is O=C(c1ccn(Cc2cccc(OC(F)(F)F)c2)n1)c1cncnc1N[C@@H]1C[C@H](CO)[C@@H](O)[C@@H]1F. The highest BCUT2D eigenvalue weighted by molar-refractivity contribution is 6.10. The third-order valence-corrected chi connectivity index (χ3v) is 5.61. The highest BCUT2D eigenvalue weighted by atomic mass is 19.4. The number of aliphatic hydroxyl groups excluding tert-OH is 2. The van der Waals surface area contributed by atoms with Gasteiger partial charge >= 0.3 is 6.36 Å². The van der Waals surface area contributed by atoms with Crippen LogP contribution in [0.5, 0.6) is 5.75 Å². The van der Waals surface area contributed by atoms with Gasteiger partial charge in [-0.15, -0.1) is 13.2 Å². The first-order chi connectivity index (χ1) is 16.6. The fraction of sp³-hybridized carbons (Fsp3) is 0.364. The standard InChI is InChI=1S/C22H21F4N5O4/c23-18-17(7-13(10-32)19(18)33)29-21-15(8-27-11-28-21)20(34)16-4-5-31(30-16)9-12-2-1-3-14(6-12)35-22(24,25)26/h1-6,8,11,13,17-19,32-33H,7,9-10H2,(H,27,28,29)/t13-,17-,18-,19-/m1/s1. The van der Waals surface area contributed by atoms with E-state index < -0.39 is 36.4 Å². The Morgan fingerprint density at radius 1 is 1.29 bits per heavy atom. The third kappa shape index (κ3) is 5.74. The highest BCUT2D eigenvalue weighted by Crippen LogP contribution is 2.31. The number of carbonyl (C=O) groups excluding carboxylic acids is 1. The van der Waals surface area contributed by atoms with E-state index in [1.807, 2.05) is 0 Å². The van der Waals surface area contributed by atoms with Crippen molar-refractivity contribution in [2.24, 2.45) is 5.92 Å². The molecule has 0 aliphatic heterocycles. The summed E-state index contributed by atoms with van der Waals surface area (Å²) in [6.07, 6.45) is -3.77. The van der Waals surface area contributed by atoms with Gasteiger partial charge in [-0.3, -0.25) is 9.48 Å². The lowest BCUT2D eigenvalue weighted by atomic mass is 10.1. The lowest BCUT2D eigenvalue weighted by molar-refractivity contribution is -0.274.